The van der Waals surface area contributed by atoms with E-state index < -0.39 is 124 Å². The third-order valence-electron chi connectivity index (χ3n) is 6.94. The molecule has 0 saturated carbocycles. The average molecular weight is 1060 g/mol. The minimum Gasteiger partial charge on any atom is -0.282 e. The summed E-state index contributed by atoms with van der Waals surface area (Å²) in [5, 5.41) is 0. The Morgan fingerprint density at radius 3 is 0.483 bits per heavy atom. The molecule has 0 aromatic heterocycles. The summed E-state index contributed by atoms with van der Waals surface area (Å²) < 4.78 is 260. The van der Waals surface area contributed by atoms with E-state index >= 15 is 0 Å². The van der Waals surface area contributed by atoms with Crippen LogP contribution in [-0.2, 0) is 0 Å². The molecule has 58 heavy (non-hydrogen) atoms. The first-order chi connectivity index (χ1) is 24.1. The molecule has 0 heterocycles. The Bertz CT molecular complexity index is 1310. The number of carbonyl (C=O) groups excluding carboxylic acids is 6. The Balaban J connectivity index is -0.000000374. The molecule has 0 aliphatic rings. The van der Waals surface area contributed by atoms with E-state index in [1.54, 1.807) is 0 Å². The van der Waals surface area contributed by atoms with Crippen LogP contribution in [0.1, 0.15) is 81.6 Å². The summed E-state index contributed by atoms with van der Waals surface area (Å²) in [5.41, 5.74) is -3.47. The van der Waals surface area contributed by atoms with Crippen LogP contribution in [0.5, 0.6) is 0 Å². The van der Waals surface area contributed by atoms with Gasteiger partial charge in [-0.15, -0.1) is 0 Å². The number of ketones is 6. The molecule has 0 saturated heterocycles. The van der Waals surface area contributed by atoms with Crippen LogP contribution in [0.15, 0.2) is 0 Å². The molecule has 0 aliphatic carbocycles. The SMILES string of the molecule is CC(C)(C)C(=[OH+])CC(=[OH+])C(F)(F)C(F)(F)C(F)(F)F.CC(C)(C)C(=[OH+])CC(=[OH+])C(F)(F)C(F)(F)C(F)(F)F.CC(C)(C)C(=[OH+])CC(=[OH+])C(F)(F)C(F)(F)C(F)(F)F.[Tm]. The third kappa shape index (κ3) is 15.0. The van der Waals surface area contributed by atoms with Gasteiger partial charge in [0.15, 0.2) is 19.3 Å². The minimum atomic E-state index is -6.53. The second-order valence-electron chi connectivity index (χ2n) is 14.9. The fourth-order valence-electron chi connectivity index (χ4n) is 2.68. The third-order valence-corrected chi connectivity index (χ3v) is 6.94. The van der Waals surface area contributed by atoms with Gasteiger partial charge >= 0.3 is 88.8 Å². The van der Waals surface area contributed by atoms with Crippen molar-refractivity contribution in [1.29, 1.82) is 0 Å². The van der Waals surface area contributed by atoms with E-state index in [4.69, 9.17) is 14.4 Å². The molecule has 0 atom stereocenters. The van der Waals surface area contributed by atoms with Crippen molar-refractivity contribution < 1.29 is 158 Å². The van der Waals surface area contributed by atoms with E-state index in [-0.39, 0.29) is 36.9 Å². The number of hydrogen-bond donors (Lipinski definition) is 0. The van der Waals surface area contributed by atoms with Gasteiger partial charge in [0.25, 0.3) is 0 Å². The molecule has 6 N–H and O–H groups in total. The molecule has 1 radical (unpaired) electrons. The fourth-order valence-corrected chi connectivity index (χ4v) is 2.68. The quantitative estimate of drug-likeness (QED) is 0.105. The van der Waals surface area contributed by atoms with Crippen LogP contribution in [0.2, 0.25) is 0 Å². The van der Waals surface area contributed by atoms with Crippen molar-refractivity contribution in [2.75, 3.05) is 0 Å². The molecule has 0 rings (SSSR count). The maximum atomic E-state index is 13.0. The molecule has 0 unspecified atom stereocenters. The normalized spacial score (nSPS) is 14.2. The molecular formula is C30H39F21O6Tm+6. The van der Waals surface area contributed by atoms with Crippen molar-refractivity contribution >= 4 is 34.7 Å². The minimum absolute atomic E-state index is 0. The van der Waals surface area contributed by atoms with Gasteiger partial charge in [-0.25, -0.2) is 0 Å². The summed E-state index contributed by atoms with van der Waals surface area (Å²) in [5.74, 6) is -46.6. The summed E-state index contributed by atoms with van der Waals surface area (Å²) in [6.07, 6.45) is -24.0. The number of halogens is 21. The van der Waals surface area contributed by atoms with Crippen molar-refractivity contribution in [3.63, 3.8) is 0 Å². The smallest absolute Gasteiger partial charge is 0.282 e. The van der Waals surface area contributed by atoms with Gasteiger partial charge < -0.3 is 0 Å². The summed E-state index contributed by atoms with van der Waals surface area (Å²) in [7, 11) is 0. The van der Waals surface area contributed by atoms with E-state index in [0.717, 1.165) is 0 Å². The first kappa shape index (κ1) is 62.4. The molecule has 6 nitrogen and oxygen atoms in total. The molecule has 0 spiro atoms. The van der Waals surface area contributed by atoms with E-state index in [1.165, 1.54) is 62.3 Å². The summed E-state index contributed by atoms with van der Waals surface area (Å²) in [6, 6.07) is 0. The van der Waals surface area contributed by atoms with Crippen molar-refractivity contribution in [3.05, 3.63) is 0 Å². The molecular weight excluding hydrogens is 1020 g/mol. The van der Waals surface area contributed by atoms with Gasteiger partial charge in [-0.2, -0.15) is 92.2 Å². The molecule has 0 fully saturated rings. The number of rotatable bonds is 12. The Hall–Kier alpha value is -2.22. The van der Waals surface area contributed by atoms with Gasteiger partial charge in [-0.1, -0.05) is 0 Å². The van der Waals surface area contributed by atoms with Crippen LogP contribution in [0.3, 0.4) is 0 Å². The molecule has 0 aromatic rings. The van der Waals surface area contributed by atoms with Crippen molar-refractivity contribution in [1.82, 2.24) is 0 Å². The predicted octanol–water partition coefficient (Wildman–Crippen LogP) is 10.0. The predicted molar refractivity (Wildman–Crippen MR) is 162 cm³/mol. The second kappa shape index (κ2) is 19.2. The van der Waals surface area contributed by atoms with Gasteiger partial charge in [0.1, 0.15) is 0 Å². The largest absolute Gasteiger partial charge is 0.460 e. The number of hydrogen-bond acceptors (Lipinski definition) is 0. The zero-order chi connectivity index (χ0) is 47.6. The Kier molecular flexibility index (Phi) is 20.7. The van der Waals surface area contributed by atoms with Crippen LogP contribution in [0.4, 0.5) is 92.2 Å². The summed E-state index contributed by atoms with van der Waals surface area (Å²) in [4.78, 5) is 54.2. The molecule has 0 aliphatic heterocycles. The van der Waals surface area contributed by atoms with E-state index in [2.05, 4.69) is 0 Å². The molecule has 0 amide bonds. The maximum absolute atomic E-state index is 13.0. The van der Waals surface area contributed by atoms with Crippen molar-refractivity contribution in [2.45, 2.75) is 136 Å². The zero-order valence-electron chi connectivity index (χ0n) is 31.0. The summed E-state index contributed by atoms with van der Waals surface area (Å²) >= 11 is 0. The van der Waals surface area contributed by atoms with Gasteiger partial charge in [-0.3, -0.25) is 28.8 Å². The second-order valence-corrected chi connectivity index (χ2v) is 14.9. The Labute approximate surface area is 343 Å². The Morgan fingerprint density at radius 2 is 0.397 bits per heavy atom. The molecule has 0 aromatic carbocycles. The van der Waals surface area contributed by atoms with E-state index in [0.29, 0.717) is 0 Å². The van der Waals surface area contributed by atoms with Crippen LogP contribution in [0.25, 0.3) is 0 Å². The maximum Gasteiger partial charge on any atom is 0.460 e. The van der Waals surface area contributed by atoms with Gasteiger partial charge in [0.05, 0.1) is 16.2 Å². The number of alkyl halides is 21. The molecule has 0 bridgehead atoms. The fraction of sp³-hybridized carbons (Fsp3) is 0.800. The van der Waals surface area contributed by atoms with Gasteiger partial charge in [0.2, 0.25) is 0 Å². The van der Waals surface area contributed by atoms with Crippen LogP contribution >= 0.6 is 0 Å². The molecule has 28 heteroatoms. The van der Waals surface area contributed by atoms with Crippen LogP contribution in [0, 0.1) is 53.1 Å². The van der Waals surface area contributed by atoms with Crippen molar-refractivity contribution in [2.24, 2.45) is 16.2 Å². The summed E-state index contributed by atoms with van der Waals surface area (Å²) in [6.45, 7) is 11.7. The topological polar surface area (TPSA) is 128 Å². The average Bonchev–Trinajstić information content (AvgIpc) is 2.93. The van der Waals surface area contributed by atoms with Crippen molar-refractivity contribution in [3.8, 4) is 0 Å². The van der Waals surface area contributed by atoms with Crippen LogP contribution in [-0.4, -0.2) is 118 Å². The zero-order valence-corrected chi connectivity index (χ0v) is 32.8. The monoisotopic (exact) mass is 1060 g/mol. The van der Waals surface area contributed by atoms with Crippen LogP contribution < -0.4 is 0 Å². The Morgan fingerprint density at radius 1 is 0.276 bits per heavy atom. The molecule has 349 valence electrons. The van der Waals surface area contributed by atoms with Gasteiger partial charge in [0, 0.05) is 36.9 Å². The van der Waals surface area contributed by atoms with E-state index in [1.807, 2.05) is 0 Å². The first-order valence-corrected chi connectivity index (χ1v) is 14.9. The standard InChI is InChI=1S/3C10H11F7O2.Tm/c3*1-7(2,3)5(18)4-6(19)8(11,12)9(13,14)10(15,16)17;/h3*4H2,1-3H3;/p+6. The van der Waals surface area contributed by atoms with E-state index in [9.17, 15) is 107 Å². The van der Waals surface area contributed by atoms with Gasteiger partial charge in [-0.05, 0) is 62.3 Å². The first-order valence-electron chi connectivity index (χ1n) is 14.9.